The molecule has 0 spiro atoms. The van der Waals surface area contributed by atoms with Crippen LogP contribution in [-0.4, -0.2) is 30.4 Å². The fourth-order valence-electron chi connectivity index (χ4n) is 2.93. The van der Waals surface area contributed by atoms with Crippen molar-refractivity contribution < 1.29 is 27.9 Å². The van der Waals surface area contributed by atoms with Gasteiger partial charge in [0, 0.05) is 12.5 Å². The Morgan fingerprint density at radius 2 is 1.81 bits per heavy atom. The van der Waals surface area contributed by atoms with Gasteiger partial charge in [0.05, 0.1) is 11.4 Å². The zero-order chi connectivity index (χ0) is 19.6. The number of rotatable bonds is 3. The summed E-state index contributed by atoms with van der Waals surface area (Å²) in [5, 5.41) is 2.70. The third-order valence-corrected chi connectivity index (χ3v) is 4.12. The fraction of sp³-hybridized carbons (Fsp3) is 0.211. The number of carbonyl (C=O) groups excluding carboxylic acids is 3. The standard InChI is InChI=1S/C19H16F2N2O4/c1-11-9-16(24)22-14-7-2-3-8-15(14)23(11)17(25)10-27-19(26)18-12(20)5-4-6-13(18)21/h2-8,11H,9-10H2,1H3,(H,22,24)/t11-/m1/s1. The summed E-state index contributed by atoms with van der Waals surface area (Å²) < 4.78 is 32.1. The molecule has 0 unspecified atom stereocenters. The van der Waals surface area contributed by atoms with E-state index in [1.165, 1.54) is 4.90 Å². The molecule has 2 aromatic rings. The van der Waals surface area contributed by atoms with Gasteiger partial charge in [0.15, 0.2) is 6.61 Å². The van der Waals surface area contributed by atoms with Crippen LogP contribution in [0.3, 0.4) is 0 Å². The number of amides is 2. The molecular weight excluding hydrogens is 358 g/mol. The van der Waals surface area contributed by atoms with Crippen molar-refractivity contribution >= 4 is 29.2 Å². The largest absolute Gasteiger partial charge is 0.452 e. The molecule has 27 heavy (non-hydrogen) atoms. The van der Waals surface area contributed by atoms with Crippen LogP contribution in [0.25, 0.3) is 0 Å². The Balaban J connectivity index is 1.79. The van der Waals surface area contributed by atoms with E-state index >= 15 is 0 Å². The van der Waals surface area contributed by atoms with E-state index in [9.17, 15) is 23.2 Å². The third kappa shape index (κ3) is 3.79. The van der Waals surface area contributed by atoms with E-state index in [1.54, 1.807) is 31.2 Å². The van der Waals surface area contributed by atoms with Gasteiger partial charge in [-0.05, 0) is 31.2 Å². The molecule has 2 aromatic carbocycles. The normalized spacial score (nSPS) is 16.2. The lowest BCUT2D eigenvalue weighted by molar-refractivity contribution is -0.122. The number of halogens is 2. The van der Waals surface area contributed by atoms with Gasteiger partial charge in [-0.25, -0.2) is 13.6 Å². The summed E-state index contributed by atoms with van der Waals surface area (Å²) in [5.41, 5.74) is 0.0482. The van der Waals surface area contributed by atoms with E-state index in [2.05, 4.69) is 5.32 Å². The Labute approximate surface area is 153 Å². The highest BCUT2D eigenvalue weighted by molar-refractivity contribution is 6.05. The van der Waals surface area contributed by atoms with E-state index in [0.29, 0.717) is 11.4 Å². The molecule has 0 bridgehead atoms. The highest BCUT2D eigenvalue weighted by Crippen LogP contribution is 2.31. The van der Waals surface area contributed by atoms with Crippen molar-refractivity contribution in [2.75, 3.05) is 16.8 Å². The van der Waals surface area contributed by atoms with Crippen molar-refractivity contribution in [1.82, 2.24) is 0 Å². The molecule has 0 fully saturated rings. The number of nitrogens with zero attached hydrogens (tertiary/aromatic N) is 1. The minimum atomic E-state index is -1.27. The fourth-order valence-corrected chi connectivity index (χ4v) is 2.93. The van der Waals surface area contributed by atoms with E-state index < -0.39 is 41.7 Å². The average molecular weight is 374 g/mol. The molecule has 1 N–H and O–H groups in total. The number of esters is 1. The Morgan fingerprint density at radius 3 is 2.52 bits per heavy atom. The number of hydrogen-bond donors (Lipinski definition) is 1. The van der Waals surface area contributed by atoms with Gasteiger partial charge in [0.25, 0.3) is 5.91 Å². The second kappa shape index (κ2) is 7.53. The summed E-state index contributed by atoms with van der Waals surface area (Å²) in [5.74, 6) is -4.29. The van der Waals surface area contributed by atoms with Crippen LogP contribution in [0.2, 0.25) is 0 Å². The molecule has 0 saturated heterocycles. The Bertz CT molecular complexity index is 896. The molecule has 8 heteroatoms. The van der Waals surface area contributed by atoms with Crippen LogP contribution in [0.1, 0.15) is 23.7 Å². The SMILES string of the molecule is C[C@@H]1CC(=O)Nc2ccccc2N1C(=O)COC(=O)c1c(F)cccc1F. The predicted molar refractivity (Wildman–Crippen MR) is 93.3 cm³/mol. The highest BCUT2D eigenvalue weighted by atomic mass is 19.1. The molecule has 1 aliphatic rings. The number of nitrogens with one attached hydrogen (secondary N) is 1. The predicted octanol–water partition coefficient (Wildman–Crippen LogP) is 2.89. The Hall–Kier alpha value is -3.29. The maximum absolute atomic E-state index is 13.7. The molecule has 0 saturated carbocycles. The van der Waals surface area contributed by atoms with Gasteiger partial charge in [0.2, 0.25) is 5.91 Å². The molecule has 1 aliphatic heterocycles. The van der Waals surface area contributed by atoms with E-state index in [4.69, 9.17) is 4.74 Å². The zero-order valence-corrected chi connectivity index (χ0v) is 14.4. The van der Waals surface area contributed by atoms with Crippen molar-refractivity contribution in [2.45, 2.75) is 19.4 Å². The lowest BCUT2D eigenvalue weighted by Crippen LogP contribution is -2.41. The lowest BCUT2D eigenvalue weighted by atomic mass is 10.1. The van der Waals surface area contributed by atoms with Crippen LogP contribution in [0.5, 0.6) is 0 Å². The number of benzene rings is 2. The zero-order valence-electron chi connectivity index (χ0n) is 14.4. The van der Waals surface area contributed by atoms with Crippen molar-refractivity contribution in [3.63, 3.8) is 0 Å². The second-order valence-electron chi connectivity index (χ2n) is 6.06. The maximum Gasteiger partial charge on any atom is 0.344 e. The van der Waals surface area contributed by atoms with Crippen LogP contribution in [0.4, 0.5) is 20.2 Å². The van der Waals surface area contributed by atoms with Crippen molar-refractivity contribution in [2.24, 2.45) is 0 Å². The molecule has 140 valence electrons. The summed E-state index contributed by atoms with van der Waals surface area (Å²) in [7, 11) is 0. The molecule has 1 heterocycles. The minimum absolute atomic E-state index is 0.0519. The number of ether oxygens (including phenoxy) is 1. The third-order valence-electron chi connectivity index (χ3n) is 4.12. The first-order valence-corrected chi connectivity index (χ1v) is 8.20. The highest BCUT2D eigenvalue weighted by Gasteiger charge is 2.30. The van der Waals surface area contributed by atoms with Crippen LogP contribution < -0.4 is 10.2 Å². The maximum atomic E-state index is 13.7. The van der Waals surface area contributed by atoms with Crippen molar-refractivity contribution in [1.29, 1.82) is 0 Å². The number of fused-ring (bicyclic) bond motifs is 1. The molecule has 0 aliphatic carbocycles. The number of carbonyl (C=O) groups is 3. The van der Waals surface area contributed by atoms with Gasteiger partial charge >= 0.3 is 5.97 Å². The molecule has 2 amide bonds. The first-order valence-electron chi connectivity index (χ1n) is 8.20. The van der Waals surface area contributed by atoms with Crippen molar-refractivity contribution in [3.8, 4) is 0 Å². The smallest absolute Gasteiger partial charge is 0.344 e. The molecule has 6 nitrogen and oxygen atoms in total. The van der Waals surface area contributed by atoms with Crippen LogP contribution in [-0.2, 0) is 14.3 Å². The Morgan fingerprint density at radius 1 is 1.15 bits per heavy atom. The van der Waals surface area contributed by atoms with Gasteiger partial charge < -0.3 is 15.0 Å². The average Bonchev–Trinajstić information content (AvgIpc) is 2.73. The van der Waals surface area contributed by atoms with Crippen LogP contribution in [0, 0.1) is 11.6 Å². The number of hydrogen-bond acceptors (Lipinski definition) is 4. The quantitative estimate of drug-likeness (QED) is 0.839. The van der Waals surface area contributed by atoms with Gasteiger partial charge in [-0.1, -0.05) is 18.2 Å². The summed E-state index contributed by atoms with van der Waals surface area (Å²) in [4.78, 5) is 37.9. The van der Waals surface area contributed by atoms with E-state index in [0.717, 1.165) is 18.2 Å². The summed E-state index contributed by atoms with van der Waals surface area (Å²) in [6, 6.07) is 9.16. The molecule has 3 rings (SSSR count). The van der Waals surface area contributed by atoms with Gasteiger partial charge in [-0.3, -0.25) is 9.59 Å². The van der Waals surface area contributed by atoms with E-state index in [-0.39, 0.29) is 12.3 Å². The van der Waals surface area contributed by atoms with Gasteiger partial charge in [-0.15, -0.1) is 0 Å². The number of para-hydroxylation sites is 2. The summed E-state index contributed by atoms with van der Waals surface area (Å²) in [6.45, 7) is 0.956. The number of anilines is 2. The van der Waals surface area contributed by atoms with Gasteiger partial charge in [0.1, 0.15) is 17.2 Å². The summed E-state index contributed by atoms with van der Waals surface area (Å²) in [6.07, 6.45) is 0.0519. The molecule has 0 aromatic heterocycles. The first kappa shape index (κ1) is 18.5. The molecule has 0 radical (unpaired) electrons. The molecule has 1 atom stereocenters. The lowest BCUT2D eigenvalue weighted by Gasteiger charge is -2.27. The minimum Gasteiger partial charge on any atom is -0.452 e. The monoisotopic (exact) mass is 374 g/mol. The first-order chi connectivity index (χ1) is 12.9. The molecular formula is C19H16F2N2O4. The van der Waals surface area contributed by atoms with Crippen molar-refractivity contribution in [3.05, 3.63) is 59.7 Å². The van der Waals surface area contributed by atoms with Crippen LogP contribution in [0.15, 0.2) is 42.5 Å². The topological polar surface area (TPSA) is 75.7 Å². The van der Waals surface area contributed by atoms with E-state index in [1.807, 2.05) is 0 Å². The van der Waals surface area contributed by atoms with Crippen LogP contribution >= 0.6 is 0 Å². The second-order valence-corrected chi connectivity index (χ2v) is 6.06. The summed E-state index contributed by atoms with van der Waals surface area (Å²) >= 11 is 0. The Kier molecular flexibility index (Phi) is 5.16. The van der Waals surface area contributed by atoms with Gasteiger partial charge in [-0.2, -0.15) is 0 Å².